The highest BCUT2D eigenvalue weighted by molar-refractivity contribution is 5.93. The summed E-state index contributed by atoms with van der Waals surface area (Å²) in [6, 6.07) is 6.90. The highest BCUT2D eigenvalue weighted by atomic mass is 16.5. The third-order valence-corrected chi connectivity index (χ3v) is 3.81. The van der Waals surface area contributed by atoms with Gasteiger partial charge in [-0.25, -0.2) is 4.79 Å². The minimum Gasteiger partial charge on any atom is -0.465 e. The van der Waals surface area contributed by atoms with Crippen molar-refractivity contribution in [3.8, 4) is 0 Å². The first-order valence-corrected chi connectivity index (χ1v) is 7.04. The standard InChI is InChI=1S/C16H16N2O4/c1-9-7-14(18-22-9)15(19)17-13-6-5-10-3-4-11(8-12(10)13)16(20)21-2/h3-4,7-8,13H,5-6H2,1-2H3,(H,17,19). The molecular formula is C16H16N2O4. The summed E-state index contributed by atoms with van der Waals surface area (Å²) in [5.74, 6) is -0.0741. The van der Waals surface area contributed by atoms with Crippen molar-refractivity contribution in [3.05, 3.63) is 52.4 Å². The molecule has 1 N–H and O–H groups in total. The Morgan fingerprint density at radius 1 is 1.36 bits per heavy atom. The van der Waals surface area contributed by atoms with E-state index in [2.05, 4.69) is 10.5 Å². The number of carbonyl (C=O) groups excluding carboxylic acids is 2. The molecule has 1 heterocycles. The molecule has 0 radical (unpaired) electrons. The second kappa shape index (κ2) is 5.63. The zero-order valence-corrected chi connectivity index (χ0v) is 12.4. The van der Waals surface area contributed by atoms with Crippen molar-refractivity contribution in [2.75, 3.05) is 7.11 Å². The van der Waals surface area contributed by atoms with Gasteiger partial charge < -0.3 is 14.6 Å². The van der Waals surface area contributed by atoms with Crippen molar-refractivity contribution in [2.45, 2.75) is 25.8 Å². The zero-order valence-electron chi connectivity index (χ0n) is 12.4. The molecule has 1 atom stereocenters. The third kappa shape index (κ3) is 2.59. The summed E-state index contributed by atoms with van der Waals surface area (Å²) < 4.78 is 9.65. The quantitative estimate of drug-likeness (QED) is 0.879. The predicted molar refractivity (Wildman–Crippen MR) is 77.5 cm³/mol. The SMILES string of the molecule is COC(=O)c1ccc2c(c1)C(NC(=O)c1cc(C)on1)CC2. The van der Waals surface area contributed by atoms with Crippen LogP contribution >= 0.6 is 0 Å². The molecule has 0 spiro atoms. The van der Waals surface area contributed by atoms with Crippen molar-refractivity contribution < 1.29 is 18.8 Å². The number of carbonyl (C=O) groups is 2. The fourth-order valence-corrected chi connectivity index (χ4v) is 2.70. The van der Waals surface area contributed by atoms with Crippen LogP contribution in [0.5, 0.6) is 0 Å². The van der Waals surface area contributed by atoms with Crippen LogP contribution in [0.1, 0.15) is 50.2 Å². The number of methoxy groups -OCH3 is 1. The molecule has 3 rings (SSSR count). The van der Waals surface area contributed by atoms with Crippen LogP contribution in [0.25, 0.3) is 0 Å². The van der Waals surface area contributed by atoms with Crippen LogP contribution in [0, 0.1) is 6.92 Å². The van der Waals surface area contributed by atoms with Crippen molar-refractivity contribution in [2.24, 2.45) is 0 Å². The van der Waals surface area contributed by atoms with Crippen LogP contribution in [0.3, 0.4) is 0 Å². The number of hydrogen-bond acceptors (Lipinski definition) is 5. The van der Waals surface area contributed by atoms with Gasteiger partial charge in [0.2, 0.25) is 0 Å². The Bertz CT molecular complexity index is 735. The smallest absolute Gasteiger partial charge is 0.337 e. The van der Waals surface area contributed by atoms with Gasteiger partial charge in [0, 0.05) is 6.07 Å². The second-order valence-electron chi connectivity index (χ2n) is 5.29. The number of benzene rings is 1. The molecule has 1 aromatic heterocycles. The lowest BCUT2D eigenvalue weighted by atomic mass is 10.0. The fraction of sp³-hybridized carbons (Fsp3) is 0.312. The van der Waals surface area contributed by atoms with Crippen molar-refractivity contribution in [3.63, 3.8) is 0 Å². The molecule has 114 valence electrons. The van der Waals surface area contributed by atoms with Crippen molar-refractivity contribution in [1.29, 1.82) is 0 Å². The first kappa shape index (κ1) is 14.3. The fourth-order valence-electron chi connectivity index (χ4n) is 2.70. The van der Waals surface area contributed by atoms with Crippen LogP contribution in [-0.4, -0.2) is 24.1 Å². The summed E-state index contributed by atoms with van der Waals surface area (Å²) in [6.45, 7) is 1.73. The maximum absolute atomic E-state index is 12.2. The van der Waals surface area contributed by atoms with Gasteiger partial charge >= 0.3 is 5.97 Å². The molecule has 0 bridgehead atoms. The minimum absolute atomic E-state index is 0.135. The number of rotatable bonds is 3. The molecule has 22 heavy (non-hydrogen) atoms. The first-order valence-electron chi connectivity index (χ1n) is 7.04. The maximum Gasteiger partial charge on any atom is 0.337 e. The van der Waals surface area contributed by atoms with E-state index in [1.807, 2.05) is 6.07 Å². The van der Waals surface area contributed by atoms with Gasteiger partial charge in [-0.2, -0.15) is 0 Å². The Balaban J connectivity index is 1.81. The van der Waals surface area contributed by atoms with Gasteiger partial charge in [0.15, 0.2) is 5.69 Å². The lowest BCUT2D eigenvalue weighted by Gasteiger charge is -2.13. The molecule has 6 heteroatoms. The summed E-state index contributed by atoms with van der Waals surface area (Å²) in [5, 5.41) is 6.65. The van der Waals surface area contributed by atoms with Crippen LogP contribution in [-0.2, 0) is 11.2 Å². The Labute approximate surface area is 127 Å². The Kier molecular flexibility index (Phi) is 3.66. The van der Waals surface area contributed by atoms with Gasteiger partial charge in [0.05, 0.1) is 18.7 Å². The lowest BCUT2D eigenvalue weighted by Crippen LogP contribution is -2.27. The van der Waals surface area contributed by atoms with Gasteiger partial charge in [-0.3, -0.25) is 4.79 Å². The average molecular weight is 300 g/mol. The molecule has 1 aromatic carbocycles. The van der Waals surface area contributed by atoms with Gasteiger partial charge in [-0.1, -0.05) is 11.2 Å². The van der Waals surface area contributed by atoms with E-state index in [1.54, 1.807) is 25.1 Å². The summed E-state index contributed by atoms with van der Waals surface area (Å²) >= 11 is 0. The predicted octanol–water partition coefficient (Wildman–Crippen LogP) is 2.19. The number of nitrogens with one attached hydrogen (secondary N) is 1. The van der Waals surface area contributed by atoms with Crippen LogP contribution in [0.2, 0.25) is 0 Å². The Morgan fingerprint density at radius 2 is 2.18 bits per heavy atom. The molecule has 1 aliphatic carbocycles. The molecule has 2 aromatic rings. The number of hydrogen-bond donors (Lipinski definition) is 1. The topological polar surface area (TPSA) is 81.4 Å². The Hall–Kier alpha value is -2.63. The molecule has 1 aliphatic rings. The van der Waals surface area contributed by atoms with E-state index in [0.717, 1.165) is 24.0 Å². The van der Waals surface area contributed by atoms with E-state index >= 15 is 0 Å². The second-order valence-corrected chi connectivity index (χ2v) is 5.29. The monoisotopic (exact) mass is 300 g/mol. The average Bonchev–Trinajstić information content (AvgIpc) is 3.13. The molecule has 1 amide bonds. The van der Waals surface area contributed by atoms with E-state index in [1.165, 1.54) is 7.11 Å². The number of amides is 1. The van der Waals surface area contributed by atoms with Gasteiger partial charge in [0.25, 0.3) is 5.91 Å². The minimum atomic E-state index is -0.382. The van der Waals surface area contributed by atoms with E-state index in [4.69, 9.17) is 9.26 Å². The Morgan fingerprint density at radius 3 is 2.86 bits per heavy atom. The van der Waals surface area contributed by atoms with Crippen LogP contribution in [0.15, 0.2) is 28.8 Å². The summed E-state index contributed by atoms with van der Waals surface area (Å²) in [6.07, 6.45) is 1.65. The van der Waals surface area contributed by atoms with Crippen molar-refractivity contribution >= 4 is 11.9 Å². The number of esters is 1. The number of ether oxygens (including phenoxy) is 1. The summed E-state index contributed by atoms with van der Waals surface area (Å²) in [5.41, 5.74) is 2.83. The van der Waals surface area contributed by atoms with E-state index in [-0.39, 0.29) is 23.6 Å². The molecule has 0 saturated carbocycles. The highest BCUT2D eigenvalue weighted by Gasteiger charge is 2.26. The third-order valence-electron chi connectivity index (χ3n) is 3.81. The summed E-state index contributed by atoms with van der Waals surface area (Å²) in [7, 11) is 1.35. The molecule has 0 aliphatic heterocycles. The maximum atomic E-state index is 12.2. The normalized spacial score (nSPS) is 16.2. The molecule has 0 fully saturated rings. The van der Waals surface area contributed by atoms with Gasteiger partial charge in [-0.05, 0) is 43.0 Å². The van der Waals surface area contributed by atoms with Gasteiger partial charge in [-0.15, -0.1) is 0 Å². The highest BCUT2D eigenvalue weighted by Crippen LogP contribution is 2.32. The van der Waals surface area contributed by atoms with Crippen LogP contribution < -0.4 is 5.32 Å². The lowest BCUT2D eigenvalue weighted by molar-refractivity contribution is 0.0600. The molecule has 0 saturated heterocycles. The van der Waals surface area contributed by atoms with E-state index < -0.39 is 0 Å². The largest absolute Gasteiger partial charge is 0.465 e. The van der Waals surface area contributed by atoms with Crippen LogP contribution in [0.4, 0.5) is 0 Å². The first-order chi connectivity index (χ1) is 10.6. The van der Waals surface area contributed by atoms with Crippen molar-refractivity contribution in [1.82, 2.24) is 10.5 Å². The van der Waals surface area contributed by atoms with Gasteiger partial charge in [0.1, 0.15) is 5.76 Å². The number of nitrogens with zero attached hydrogens (tertiary/aromatic N) is 1. The number of aryl methyl sites for hydroxylation is 2. The molecule has 1 unspecified atom stereocenters. The van der Waals surface area contributed by atoms with E-state index in [9.17, 15) is 9.59 Å². The number of aromatic nitrogens is 1. The zero-order chi connectivity index (χ0) is 15.7. The number of fused-ring (bicyclic) bond motifs is 1. The summed E-state index contributed by atoms with van der Waals surface area (Å²) in [4.78, 5) is 23.8. The molecular weight excluding hydrogens is 284 g/mol. The van der Waals surface area contributed by atoms with E-state index in [0.29, 0.717) is 11.3 Å². The molecule has 6 nitrogen and oxygen atoms in total.